The van der Waals surface area contributed by atoms with E-state index in [0.717, 1.165) is 22.4 Å². The molecule has 0 bridgehead atoms. The average molecular weight is 583 g/mol. The van der Waals surface area contributed by atoms with Crippen molar-refractivity contribution in [3.05, 3.63) is 93.9 Å². The van der Waals surface area contributed by atoms with Crippen LogP contribution in [0.1, 0.15) is 45.2 Å². The van der Waals surface area contributed by atoms with E-state index in [1.807, 2.05) is 41.3 Å². The molecule has 0 spiro atoms. The zero-order valence-corrected chi connectivity index (χ0v) is 24.3. The summed E-state index contributed by atoms with van der Waals surface area (Å²) in [7, 11) is 4.90. The van der Waals surface area contributed by atoms with Crippen LogP contribution in [0.3, 0.4) is 0 Å². The van der Waals surface area contributed by atoms with Crippen LogP contribution in [0.4, 0.5) is 11.8 Å². The third-order valence-corrected chi connectivity index (χ3v) is 7.45. The van der Waals surface area contributed by atoms with Gasteiger partial charge in [-0.3, -0.25) is 14.3 Å². The maximum absolute atomic E-state index is 13.9. The van der Waals surface area contributed by atoms with E-state index in [0.29, 0.717) is 53.5 Å². The Morgan fingerprint density at radius 1 is 1.12 bits per heavy atom. The molecule has 5 rings (SSSR count). The number of primary amides is 1. The minimum Gasteiger partial charge on any atom is -0.493 e. The first-order chi connectivity index (χ1) is 20.7. The van der Waals surface area contributed by atoms with Crippen molar-refractivity contribution in [1.82, 2.24) is 24.6 Å². The molecule has 4 aromatic rings. The second-order valence-electron chi connectivity index (χ2n) is 10.3. The highest BCUT2D eigenvalue weighted by molar-refractivity contribution is 5.93. The molecule has 1 atom stereocenters. The van der Waals surface area contributed by atoms with Crippen molar-refractivity contribution in [3.63, 3.8) is 0 Å². The standard InChI is InChI=1S/C31H34N8O4/c1-38-24(15-22(37-38)16-26(32)40)28-23-7-5-4-6-19(23)10-11-39(28)27(41)9-8-20-12-18(14-25(42-2)29(20)43-3)13-21-17-35-31(34)36-30(21)33/h4-9,12,14-15,17,28H,10-11,13,16H2,1-3H3,(H2,32,40)(H4,33,34,35,36). The van der Waals surface area contributed by atoms with Gasteiger partial charge < -0.3 is 31.6 Å². The largest absolute Gasteiger partial charge is 0.493 e. The Kier molecular flexibility index (Phi) is 8.28. The average Bonchev–Trinajstić information content (AvgIpc) is 3.34. The number of aryl methyl sites for hydroxylation is 1. The summed E-state index contributed by atoms with van der Waals surface area (Å²) in [5.74, 6) is 0.719. The van der Waals surface area contributed by atoms with Gasteiger partial charge in [-0.2, -0.15) is 10.1 Å². The van der Waals surface area contributed by atoms with Gasteiger partial charge in [0.05, 0.1) is 38.1 Å². The van der Waals surface area contributed by atoms with E-state index in [9.17, 15) is 9.59 Å². The first-order valence-electron chi connectivity index (χ1n) is 13.7. The molecule has 43 heavy (non-hydrogen) atoms. The molecule has 3 heterocycles. The number of benzene rings is 2. The molecule has 2 aromatic carbocycles. The van der Waals surface area contributed by atoms with Crippen LogP contribution in [-0.2, 0) is 35.9 Å². The van der Waals surface area contributed by atoms with Crippen LogP contribution >= 0.6 is 0 Å². The van der Waals surface area contributed by atoms with Gasteiger partial charge in [0.15, 0.2) is 11.5 Å². The highest BCUT2D eigenvalue weighted by Gasteiger charge is 2.33. The summed E-state index contributed by atoms with van der Waals surface area (Å²) in [5, 5.41) is 4.49. The number of nitrogens with zero attached hydrogens (tertiary/aromatic N) is 5. The molecule has 1 aliphatic rings. The summed E-state index contributed by atoms with van der Waals surface area (Å²) < 4.78 is 13.0. The molecule has 222 valence electrons. The molecule has 0 saturated heterocycles. The van der Waals surface area contributed by atoms with Crippen molar-refractivity contribution >= 4 is 29.7 Å². The molecule has 0 aliphatic carbocycles. The quantitative estimate of drug-likeness (QED) is 0.250. The normalized spacial score (nSPS) is 14.5. The highest BCUT2D eigenvalue weighted by atomic mass is 16.5. The number of hydrogen-bond acceptors (Lipinski definition) is 9. The fraction of sp³-hybridized carbons (Fsp3) is 0.258. The van der Waals surface area contributed by atoms with Gasteiger partial charge in [-0.1, -0.05) is 24.3 Å². The number of rotatable bonds is 9. The van der Waals surface area contributed by atoms with Crippen molar-refractivity contribution in [2.75, 3.05) is 32.2 Å². The van der Waals surface area contributed by atoms with Crippen LogP contribution < -0.4 is 26.7 Å². The first kappa shape index (κ1) is 29.1. The second kappa shape index (κ2) is 12.2. The maximum atomic E-state index is 13.9. The van der Waals surface area contributed by atoms with E-state index in [2.05, 4.69) is 21.1 Å². The molecule has 1 unspecified atom stereocenters. The van der Waals surface area contributed by atoms with E-state index in [1.165, 1.54) is 6.08 Å². The number of anilines is 2. The van der Waals surface area contributed by atoms with Gasteiger partial charge in [0.1, 0.15) is 5.82 Å². The molecule has 2 aromatic heterocycles. The molecule has 12 nitrogen and oxygen atoms in total. The monoisotopic (exact) mass is 582 g/mol. The predicted molar refractivity (Wildman–Crippen MR) is 162 cm³/mol. The van der Waals surface area contributed by atoms with Crippen LogP contribution in [-0.4, -0.2) is 57.2 Å². The van der Waals surface area contributed by atoms with Gasteiger partial charge in [0.25, 0.3) is 0 Å². The minimum atomic E-state index is -0.470. The Labute approximate surface area is 249 Å². The zero-order valence-electron chi connectivity index (χ0n) is 24.3. The van der Waals surface area contributed by atoms with Crippen LogP contribution in [0.15, 0.2) is 54.7 Å². The number of fused-ring (bicyclic) bond motifs is 1. The fourth-order valence-corrected chi connectivity index (χ4v) is 5.51. The number of carbonyl (C=O) groups is 2. The number of hydrogen-bond donors (Lipinski definition) is 3. The lowest BCUT2D eigenvalue weighted by molar-refractivity contribution is -0.128. The molecule has 12 heteroatoms. The van der Waals surface area contributed by atoms with Gasteiger partial charge in [0, 0.05) is 43.4 Å². The third-order valence-electron chi connectivity index (χ3n) is 7.45. The smallest absolute Gasteiger partial charge is 0.247 e. The number of ether oxygens (including phenoxy) is 2. The highest BCUT2D eigenvalue weighted by Crippen LogP contribution is 2.37. The lowest BCUT2D eigenvalue weighted by Crippen LogP contribution is -2.40. The Morgan fingerprint density at radius 3 is 2.63 bits per heavy atom. The van der Waals surface area contributed by atoms with Crippen LogP contribution in [0.2, 0.25) is 0 Å². The molecule has 0 fully saturated rings. The molecule has 1 aliphatic heterocycles. The van der Waals surface area contributed by atoms with Gasteiger partial charge in [-0.15, -0.1) is 0 Å². The Hall–Kier alpha value is -5.39. The molecule has 0 saturated carbocycles. The SMILES string of the molecule is COc1cc(Cc2cnc(N)nc2N)cc(C=CC(=O)N2CCc3ccccc3C2c2cc(CC(N)=O)nn2C)c1OC. The van der Waals surface area contributed by atoms with Crippen molar-refractivity contribution in [2.24, 2.45) is 12.8 Å². The Balaban J connectivity index is 1.49. The summed E-state index contributed by atoms with van der Waals surface area (Å²) in [5.41, 5.74) is 22.9. The Morgan fingerprint density at radius 2 is 1.91 bits per heavy atom. The van der Waals surface area contributed by atoms with Crippen LogP contribution in [0, 0.1) is 0 Å². The maximum Gasteiger partial charge on any atom is 0.247 e. The summed E-state index contributed by atoms with van der Waals surface area (Å²) >= 11 is 0. The lowest BCUT2D eigenvalue weighted by Gasteiger charge is -2.37. The van der Waals surface area contributed by atoms with E-state index in [-0.39, 0.29) is 18.3 Å². The van der Waals surface area contributed by atoms with Gasteiger partial charge in [-0.05, 0) is 47.4 Å². The minimum absolute atomic E-state index is 0.0160. The fourth-order valence-electron chi connectivity index (χ4n) is 5.51. The van der Waals surface area contributed by atoms with Crippen molar-refractivity contribution < 1.29 is 19.1 Å². The zero-order chi connectivity index (χ0) is 30.7. The van der Waals surface area contributed by atoms with E-state index in [1.54, 1.807) is 38.2 Å². The van der Waals surface area contributed by atoms with E-state index >= 15 is 0 Å². The number of nitrogen functional groups attached to an aromatic ring is 2. The van der Waals surface area contributed by atoms with Gasteiger partial charge in [-0.25, -0.2) is 4.98 Å². The molecule has 0 radical (unpaired) electrons. The summed E-state index contributed by atoms with van der Waals surface area (Å²) in [6.07, 6.45) is 5.98. The summed E-state index contributed by atoms with van der Waals surface area (Å²) in [6.45, 7) is 0.498. The first-order valence-corrected chi connectivity index (χ1v) is 13.7. The number of carbonyl (C=O) groups excluding carboxylic acids is 2. The summed E-state index contributed by atoms with van der Waals surface area (Å²) in [4.78, 5) is 35.4. The van der Waals surface area contributed by atoms with Crippen molar-refractivity contribution in [1.29, 1.82) is 0 Å². The topological polar surface area (TPSA) is 177 Å². The Bertz CT molecular complexity index is 1710. The van der Waals surface area contributed by atoms with Crippen LogP contribution in [0.25, 0.3) is 6.08 Å². The molecular formula is C31H34N8O4. The van der Waals surface area contributed by atoms with E-state index < -0.39 is 11.9 Å². The van der Waals surface area contributed by atoms with Crippen LogP contribution in [0.5, 0.6) is 11.5 Å². The molecule has 2 amide bonds. The predicted octanol–water partition coefficient (Wildman–Crippen LogP) is 2.20. The second-order valence-corrected chi connectivity index (χ2v) is 10.3. The van der Waals surface area contributed by atoms with Gasteiger partial charge >= 0.3 is 0 Å². The van der Waals surface area contributed by atoms with Crippen molar-refractivity contribution in [2.45, 2.75) is 25.3 Å². The number of methoxy groups -OCH3 is 2. The summed E-state index contributed by atoms with van der Waals surface area (Å²) in [6, 6.07) is 13.2. The number of nitrogens with two attached hydrogens (primary N) is 3. The van der Waals surface area contributed by atoms with Gasteiger partial charge in [0.2, 0.25) is 17.8 Å². The molecular weight excluding hydrogens is 548 g/mol. The molecule has 6 N–H and O–H groups in total. The lowest BCUT2D eigenvalue weighted by atomic mass is 9.90. The number of amides is 2. The third kappa shape index (κ3) is 6.13. The van der Waals surface area contributed by atoms with Crippen molar-refractivity contribution in [3.8, 4) is 11.5 Å². The number of aromatic nitrogens is 4. The van der Waals surface area contributed by atoms with E-state index in [4.69, 9.17) is 26.7 Å².